The van der Waals surface area contributed by atoms with Crippen molar-refractivity contribution in [2.45, 2.75) is 10.8 Å². The van der Waals surface area contributed by atoms with Gasteiger partial charge in [0.15, 0.2) is 0 Å². The molecule has 0 atom stereocenters. The fourth-order valence-electron chi connectivity index (χ4n) is 7.40. The summed E-state index contributed by atoms with van der Waals surface area (Å²) in [5.41, 5.74) is 7.36. The van der Waals surface area contributed by atoms with Crippen molar-refractivity contribution in [2.24, 2.45) is 0 Å². The van der Waals surface area contributed by atoms with E-state index in [1.807, 2.05) is 0 Å². The molecule has 0 nitrogen and oxygen atoms in total. The lowest BCUT2D eigenvalue weighted by molar-refractivity contribution is 0.809. The Hall–Kier alpha value is -6.86. The molecule has 0 N–H and O–H groups in total. The third kappa shape index (κ3) is 5.98. The minimum absolute atomic E-state index is 0.677. The van der Waals surface area contributed by atoms with Gasteiger partial charge in [-0.25, -0.2) is 0 Å². The van der Waals surface area contributed by atoms with Crippen molar-refractivity contribution in [3.8, 4) is 23.7 Å². The molecular formula is C52H36. The summed E-state index contributed by atoms with van der Waals surface area (Å²) in [7, 11) is 0. The van der Waals surface area contributed by atoms with E-state index in [0.717, 1.165) is 55.3 Å². The van der Waals surface area contributed by atoms with Crippen molar-refractivity contribution in [2.75, 3.05) is 0 Å². The molecule has 0 bridgehead atoms. The van der Waals surface area contributed by atoms with E-state index in [4.69, 9.17) is 0 Å². The molecule has 0 spiro atoms. The molecule has 0 saturated carbocycles. The van der Waals surface area contributed by atoms with Crippen LogP contribution in [0.1, 0.15) is 44.5 Å². The predicted octanol–water partition coefficient (Wildman–Crippen LogP) is 11.6. The first-order valence-corrected chi connectivity index (χ1v) is 17.7. The molecule has 52 heavy (non-hydrogen) atoms. The molecule has 0 aliphatic carbocycles. The van der Waals surface area contributed by atoms with Crippen molar-refractivity contribution in [3.05, 3.63) is 263 Å². The van der Waals surface area contributed by atoms with Gasteiger partial charge < -0.3 is 0 Å². The van der Waals surface area contributed by atoms with Gasteiger partial charge in [0.05, 0.1) is 0 Å². The molecule has 0 radical (unpaired) electrons. The third-order valence-electron chi connectivity index (χ3n) is 9.93. The summed E-state index contributed by atoms with van der Waals surface area (Å²) in [4.78, 5) is 0. The molecule has 0 aliphatic heterocycles. The summed E-state index contributed by atoms with van der Waals surface area (Å²) >= 11 is 0. The lowest BCUT2D eigenvalue weighted by atomic mass is 9.69. The van der Waals surface area contributed by atoms with Crippen LogP contribution in [-0.4, -0.2) is 0 Å². The van der Waals surface area contributed by atoms with Gasteiger partial charge in [0, 0.05) is 11.1 Å². The molecule has 244 valence electrons. The van der Waals surface area contributed by atoms with E-state index >= 15 is 0 Å². The van der Waals surface area contributed by atoms with Crippen LogP contribution in [0.25, 0.3) is 10.8 Å². The lowest BCUT2D eigenvalue weighted by Crippen LogP contribution is -2.27. The number of fused-ring (bicyclic) bond motifs is 1. The van der Waals surface area contributed by atoms with E-state index in [9.17, 15) is 0 Å². The van der Waals surface area contributed by atoms with Crippen LogP contribution < -0.4 is 0 Å². The Morgan fingerprint density at radius 1 is 0.231 bits per heavy atom. The molecule has 0 heteroatoms. The van der Waals surface area contributed by atoms with Crippen molar-refractivity contribution >= 4 is 10.8 Å². The fraction of sp³-hybridized carbons (Fsp3) is 0.0385. The predicted molar refractivity (Wildman–Crippen MR) is 216 cm³/mol. The van der Waals surface area contributed by atoms with Crippen molar-refractivity contribution < 1.29 is 0 Å². The number of hydrogen-bond acceptors (Lipinski definition) is 0. The van der Waals surface area contributed by atoms with E-state index in [1.54, 1.807) is 0 Å². The molecule has 0 saturated heterocycles. The molecule has 0 unspecified atom stereocenters. The monoisotopic (exact) mass is 660 g/mol. The Labute approximate surface area is 307 Å². The van der Waals surface area contributed by atoms with Crippen LogP contribution in [0.4, 0.5) is 0 Å². The molecule has 8 aromatic carbocycles. The summed E-state index contributed by atoms with van der Waals surface area (Å²) in [6.45, 7) is 0. The van der Waals surface area contributed by atoms with Gasteiger partial charge in [0.2, 0.25) is 0 Å². The molecule has 0 amide bonds. The first-order valence-electron chi connectivity index (χ1n) is 17.7. The summed E-state index contributed by atoms with van der Waals surface area (Å²) < 4.78 is 0. The summed E-state index contributed by atoms with van der Waals surface area (Å²) in [6, 6.07) is 76.6. The maximum Gasteiger partial charge on any atom is 0.107 e. The van der Waals surface area contributed by atoms with E-state index in [2.05, 4.69) is 242 Å². The second-order valence-electron chi connectivity index (χ2n) is 12.9. The summed E-state index contributed by atoms with van der Waals surface area (Å²) in [6.07, 6.45) is 0. The van der Waals surface area contributed by atoms with Crippen molar-refractivity contribution in [3.63, 3.8) is 0 Å². The third-order valence-corrected chi connectivity index (χ3v) is 9.93. The Morgan fingerprint density at radius 3 is 0.673 bits per heavy atom. The highest BCUT2D eigenvalue weighted by atomic mass is 14.4. The van der Waals surface area contributed by atoms with Gasteiger partial charge in [-0.3, -0.25) is 0 Å². The van der Waals surface area contributed by atoms with Gasteiger partial charge in [-0.1, -0.05) is 230 Å². The van der Waals surface area contributed by atoms with E-state index in [-0.39, 0.29) is 0 Å². The van der Waals surface area contributed by atoms with E-state index < -0.39 is 10.8 Å². The minimum Gasteiger partial charge on any atom is -0.0765 e. The first-order chi connectivity index (χ1) is 25.8. The van der Waals surface area contributed by atoms with Gasteiger partial charge in [-0.2, -0.15) is 0 Å². The summed E-state index contributed by atoms with van der Waals surface area (Å²) in [5, 5.41) is 2.16. The standard InChI is InChI=1S/C52H36/c1-7-21-43(22-8-1)51(44-23-9-2-10-24-44,45-25-11-3-12-26-45)39-37-41-35-36-42(50-34-20-19-33-49(41)50)38-40-52(46-27-13-4-14-28-46,47-29-15-5-16-30-47)48-31-17-6-18-32-48/h1-36H. The topological polar surface area (TPSA) is 0 Å². The maximum absolute atomic E-state index is 3.84. The smallest absolute Gasteiger partial charge is 0.0765 e. The number of benzene rings is 8. The maximum atomic E-state index is 3.84. The zero-order valence-corrected chi connectivity index (χ0v) is 28.8. The summed E-state index contributed by atoms with van der Waals surface area (Å²) in [5.74, 6) is 15.1. The fourth-order valence-corrected chi connectivity index (χ4v) is 7.40. The second kappa shape index (κ2) is 14.5. The highest BCUT2D eigenvalue weighted by Gasteiger charge is 2.36. The van der Waals surface area contributed by atoms with E-state index in [1.165, 1.54) is 0 Å². The Bertz CT molecular complexity index is 2160. The molecule has 0 aliphatic rings. The zero-order chi connectivity index (χ0) is 35.1. The van der Waals surface area contributed by atoms with Crippen LogP contribution in [-0.2, 0) is 10.8 Å². The van der Waals surface area contributed by atoms with Gasteiger partial charge in [-0.15, -0.1) is 0 Å². The Balaban J connectivity index is 1.33. The van der Waals surface area contributed by atoms with Gasteiger partial charge >= 0.3 is 0 Å². The average Bonchev–Trinajstić information content (AvgIpc) is 3.24. The molecule has 0 aromatic heterocycles. The Kier molecular flexibility index (Phi) is 9.05. The number of hydrogen-bond donors (Lipinski definition) is 0. The van der Waals surface area contributed by atoms with Gasteiger partial charge in [0.1, 0.15) is 10.8 Å². The van der Waals surface area contributed by atoms with Crippen molar-refractivity contribution in [1.29, 1.82) is 0 Å². The SMILES string of the molecule is C(#CC(c1ccccc1)(c1ccccc1)c1ccccc1)c1ccc(C#CC(c2ccccc2)(c2ccccc2)c2ccccc2)c2ccccc12. The highest BCUT2D eigenvalue weighted by Crippen LogP contribution is 2.40. The number of rotatable bonds is 6. The minimum atomic E-state index is -0.677. The largest absolute Gasteiger partial charge is 0.107 e. The van der Waals surface area contributed by atoms with Crippen molar-refractivity contribution in [1.82, 2.24) is 0 Å². The second-order valence-corrected chi connectivity index (χ2v) is 12.9. The van der Waals surface area contributed by atoms with Crippen LogP contribution in [0.2, 0.25) is 0 Å². The molecule has 0 fully saturated rings. The molecule has 8 aromatic rings. The quantitative estimate of drug-likeness (QED) is 0.123. The lowest BCUT2D eigenvalue weighted by Gasteiger charge is -2.31. The van der Waals surface area contributed by atoms with E-state index in [0.29, 0.717) is 0 Å². The van der Waals surface area contributed by atoms with Gasteiger partial charge in [-0.05, 0) is 56.3 Å². The molecular weight excluding hydrogens is 625 g/mol. The average molecular weight is 661 g/mol. The van der Waals surface area contributed by atoms with Crippen LogP contribution in [0.15, 0.2) is 218 Å². The normalized spacial score (nSPS) is 11.2. The highest BCUT2D eigenvalue weighted by molar-refractivity contribution is 5.93. The molecule has 0 heterocycles. The molecule has 8 rings (SSSR count). The van der Waals surface area contributed by atoms with Gasteiger partial charge in [0.25, 0.3) is 0 Å². The Morgan fingerprint density at radius 2 is 0.442 bits per heavy atom. The zero-order valence-electron chi connectivity index (χ0n) is 28.8. The van der Waals surface area contributed by atoms with Crippen LogP contribution in [0, 0.1) is 23.7 Å². The van der Waals surface area contributed by atoms with Crippen LogP contribution in [0.5, 0.6) is 0 Å². The van der Waals surface area contributed by atoms with Crippen LogP contribution in [0.3, 0.4) is 0 Å². The van der Waals surface area contributed by atoms with Crippen LogP contribution >= 0.6 is 0 Å². The first kappa shape index (κ1) is 32.4.